The molecule has 17 heavy (non-hydrogen) atoms. The molecule has 0 N–H and O–H groups in total. The number of ether oxygens (including phenoxy) is 1. The van der Waals surface area contributed by atoms with E-state index >= 15 is 0 Å². The maximum atomic E-state index is 11.6. The standard InChI is InChI=1S/C14H24O3/c1-2-17-14(16)11-5-3-4-8-12-9-6-7-10-13(12)15/h12H,2-11H2,1H3. The zero-order chi connectivity index (χ0) is 12.5. The summed E-state index contributed by atoms with van der Waals surface area (Å²) in [7, 11) is 0. The molecular weight excluding hydrogens is 216 g/mol. The van der Waals surface area contributed by atoms with Gasteiger partial charge in [0.25, 0.3) is 0 Å². The lowest BCUT2D eigenvalue weighted by Crippen LogP contribution is -2.18. The van der Waals surface area contributed by atoms with Gasteiger partial charge in [-0.05, 0) is 32.6 Å². The van der Waals surface area contributed by atoms with Gasteiger partial charge >= 0.3 is 5.97 Å². The van der Waals surface area contributed by atoms with Gasteiger partial charge in [-0.1, -0.05) is 19.3 Å². The minimum absolute atomic E-state index is 0.0961. The molecule has 0 aliphatic heterocycles. The van der Waals surface area contributed by atoms with Crippen LogP contribution in [-0.4, -0.2) is 18.4 Å². The van der Waals surface area contributed by atoms with Crippen molar-refractivity contribution in [3.63, 3.8) is 0 Å². The molecule has 0 aromatic heterocycles. The van der Waals surface area contributed by atoms with Crippen molar-refractivity contribution in [2.75, 3.05) is 6.61 Å². The molecule has 0 spiro atoms. The smallest absolute Gasteiger partial charge is 0.305 e. The van der Waals surface area contributed by atoms with Crippen LogP contribution in [0.15, 0.2) is 0 Å². The Hall–Kier alpha value is -0.860. The maximum absolute atomic E-state index is 11.6. The van der Waals surface area contributed by atoms with Crippen LogP contribution >= 0.6 is 0 Å². The Bertz CT molecular complexity index is 248. The molecule has 0 bridgehead atoms. The Kier molecular flexibility index (Phi) is 6.90. The van der Waals surface area contributed by atoms with E-state index in [9.17, 15) is 9.59 Å². The largest absolute Gasteiger partial charge is 0.466 e. The van der Waals surface area contributed by atoms with Gasteiger partial charge in [-0.25, -0.2) is 0 Å². The molecule has 0 heterocycles. The molecule has 1 saturated carbocycles. The summed E-state index contributed by atoms with van der Waals surface area (Å²) in [6.45, 7) is 2.29. The van der Waals surface area contributed by atoms with E-state index < -0.39 is 0 Å². The highest BCUT2D eigenvalue weighted by Gasteiger charge is 2.21. The molecular formula is C14H24O3. The number of rotatable bonds is 7. The molecule has 1 atom stereocenters. The van der Waals surface area contributed by atoms with Crippen LogP contribution in [0.3, 0.4) is 0 Å². The van der Waals surface area contributed by atoms with E-state index in [4.69, 9.17) is 4.74 Å². The third-order valence-corrected chi connectivity index (χ3v) is 3.42. The highest BCUT2D eigenvalue weighted by atomic mass is 16.5. The van der Waals surface area contributed by atoms with Gasteiger partial charge in [-0.2, -0.15) is 0 Å². The summed E-state index contributed by atoms with van der Waals surface area (Å²) in [4.78, 5) is 22.7. The summed E-state index contributed by atoms with van der Waals surface area (Å²) >= 11 is 0. The molecule has 0 saturated heterocycles. The number of carbonyl (C=O) groups is 2. The average Bonchev–Trinajstić information content (AvgIpc) is 2.31. The maximum Gasteiger partial charge on any atom is 0.305 e. The van der Waals surface area contributed by atoms with Crippen LogP contribution in [0.1, 0.15) is 64.7 Å². The molecule has 0 aromatic carbocycles. The number of carbonyl (C=O) groups excluding carboxylic acids is 2. The molecule has 1 rings (SSSR count). The first-order chi connectivity index (χ1) is 8.24. The zero-order valence-electron chi connectivity index (χ0n) is 10.9. The van der Waals surface area contributed by atoms with E-state index in [1.54, 1.807) is 0 Å². The van der Waals surface area contributed by atoms with Gasteiger partial charge < -0.3 is 4.74 Å². The summed E-state index contributed by atoms with van der Waals surface area (Å²) in [6.07, 6.45) is 8.67. The number of hydrogen-bond donors (Lipinski definition) is 0. The van der Waals surface area contributed by atoms with Crippen molar-refractivity contribution in [1.29, 1.82) is 0 Å². The van der Waals surface area contributed by atoms with Crippen LogP contribution in [0.5, 0.6) is 0 Å². The number of ketones is 1. The summed E-state index contributed by atoms with van der Waals surface area (Å²) < 4.78 is 4.86. The van der Waals surface area contributed by atoms with Crippen LogP contribution in [0.25, 0.3) is 0 Å². The van der Waals surface area contributed by atoms with Crippen LogP contribution in [0.4, 0.5) is 0 Å². The fraction of sp³-hybridized carbons (Fsp3) is 0.857. The SMILES string of the molecule is CCOC(=O)CCCCCC1CCCCC1=O. The average molecular weight is 240 g/mol. The number of hydrogen-bond acceptors (Lipinski definition) is 3. The summed E-state index contributed by atoms with van der Waals surface area (Å²) in [6, 6.07) is 0. The first-order valence-corrected chi connectivity index (χ1v) is 6.92. The summed E-state index contributed by atoms with van der Waals surface area (Å²) in [5.74, 6) is 0.675. The van der Waals surface area contributed by atoms with Crippen LogP contribution in [0, 0.1) is 5.92 Å². The fourth-order valence-electron chi connectivity index (χ4n) is 2.43. The van der Waals surface area contributed by atoms with Gasteiger partial charge in [-0.15, -0.1) is 0 Å². The Balaban J connectivity index is 2.00. The Labute approximate surface area is 104 Å². The normalized spacial score (nSPS) is 20.3. The van der Waals surface area contributed by atoms with E-state index in [2.05, 4.69) is 0 Å². The fourth-order valence-corrected chi connectivity index (χ4v) is 2.43. The van der Waals surface area contributed by atoms with Gasteiger partial charge in [0, 0.05) is 18.8 Å². The second-order valence-electron chi connectivity index (χ2n) is 4.81. The third kappa shape index (κ3) is 5.85. The summed E-state index contributed by atoms with van der Waals surface area (Å²) in [5.41, 5.74) is 0. The molecule has 1 unspecified atom stereocenters. The Morgan fingerprint density at radius 1 is 1.29 bits per heavy atom. The molecule has 1 fully saturated rings. The van der Waals surface area contributed by atoms with E-state index in [0.29, 0.717) is 24.7 Å². The third-order valence-electron chi connectivity index (χ3n) is 3.42. The van der Waals surface area contributed by atoms with E-state index in [1.165, 1.54) is 6.42 Å². The first kappa shape index (κ1) is 14.2. The Morgan fingerprint density at radius 2 is 2.12 bits per heavy atom. The number of Topliss-reactive ketones (excluding diaryl/α,β-unsaturated/α-hetero) is 1. The highest BCUT2D eigenvalue weighted by molar-refractivity contribution is 5.81. The van der Waals surface area contributed by atoms with E-state index in [0.717, 1.165) is 44.9 Å². The predicted molar refractivity (Wildman–Crippen MR) is 66.7 cm³/mol. The van der Waals surface area contributed by atoms with Crippen molar-refractivity contribution >= 4 is 11.8 Å². The van der Waals surface area contributed by atoms with Crippen LogP contribution in [-0.2, 0) is 14.3 Å². The molecule has 1 aliphatic carbocycles. The lowest BCUT2D eigenvalue weighted by molar-refractivity contribution is -0.143. The van der Waals surface area contributed by atoms with Crippen LogP contribution < -0.4 is 0 Å². The summed E-state index contributed by atoms with van der Waals surface area (Å²) in [5, 5.41) is 0. The Morgan fingerprint density at radius 3 is 2.82 bits per heavy atom. The molecule has 1 aliphatic rings. The molecule has 0 aromatic rings. The topological polar surface area (TPSA) is 43.4 Å². The second-order valence-corrected chi connectivity index (χ2v) is 4.81. The van der Waals surface area contributed by atoms with Gasteiger partial charge in [0.15, 0.2) is 0 Å². The van der Waals surface area contributed by atoms with Crippen molar-refractivity contribution in [1.82, 2.24) is 0 Å². The van der Waals surface area contributed by atoms with Crippen molar-refractivity contribution in [2.24, 2.45) is 5.92 Å². The quantitative estimate of drug-likeness (QED) is 0.506. The van der Waals surface area contributed by atoms with E-state index in [-0.39, 0.29) is 5.97 Å². The minimum atomic E-state index is -0.0961. The molecule has 3 nitrogen and oxygen atoms in total. The predicted octanol–water partition coefficient (Wildman–Crippen LogP) is 3.26. The van der Waals surface area contributed by atoms with Gasteiger partial charge in [0.1, 0.15) is 5.78 Å². The van der Waals surface area contributed by atoms with Crippen molar-refractivity contribution < 1.29 is 14.3 Å². The number of unbranched alkanes of at least 4 members (excludes halogenated alkanes) is 2. The minimum Gasteiger partial charge on any atom is -0.466 e. The second kappa shape index (κ2) is 8.26. The van der Waals surface area contributed by atoms with Crippen molar-refractivity contribution in [3.8, 4) is 0 Å². The lowest BCUT2D eigenvalue weighted by atomic mass is 9.84. The van der Waals surface area contributed by atoms with Crippen molar-refractivity contribution in [2.45, 2.75) is 64.7 Å². The van der Waals surface area contributed by atoms with Crippen LogP contribution in [0.2, 0.25) is 0 Å². The van der Waals surface area contributed by atoms with E-state index in [1.807, 2.05) is 6.92 Å². The molecule has 3 heteroatoms. The van der Waals surface area contributed by atoms with Crippen molar-refractivity contribution in [3.05, 3.63) is 0 Å². The first-order valence-electron chi connectivity index (χ1n) is 6.92. The highest BCUT2D eigenvalue weighted by Crippen LogP contribution is 2.25. The number of esters is 1. The molecule has 0 amide bonds. The monoisotopic (exact) mass is 240 g/mol. The zero-order valence-corrected chi connectivity index (χ0v) is 10.9. The molecule has 98 valence electrons. The van der Waals surface area contributed by atoms with Gasteiger partial charge in [0.2, 0.25) is 0 Å². The lowest BCUT2D eigenvalue weighted by Gasteiger charge is -2.19. The molecule has 0 radical (unpaired) electrons. The van der Waals surface area contributed by atoms with Gasteiger partial charge in [0.05, 0.1) is 6.61 Å². The van der Waals surface area contributed by atoms with Gasteiger partial charge in [-0.3, -0.25) is 9.59 Å².